The van der Waals surface area contributed by atoms with E-state index in [0.29, 0.717) is 0 Å². The molecule has 0 atom stereocenters. The molecule has 1 aliphatic heterocycles. The summed E-state index contributed by atoms with van der Waals surface area (Å²) >= 11 is 0. The van der Waals surface area contributed by atoms with Crippen LogP contribution in [-0.4, -0.2) is 10.3 Å². The fourth-order valence-corrected chi connectivity index (χ4v) is 7.24. The zero-order chi connectivity index (χ0) is 9.49. The van der Waals surface area contributed by atoms with Crippen LogP contribution in [-0.2, 0) is 0 Å². The van der Waals surface area contributed by atoms with Gasteiger partial charge in [0.25, 0.3) is 0 Å². The lowest BCUT2D eigenvalue weighted by Crippen LogP contribution is -2.34. The fraction of sp³-hybridized carbons (Fsp3) is 1.00. The van der Waals surface area contributed by atoms with Gasteiger partial charge in [0.05, 0.1) is 0 Å². The van der Waals surface area contributed by atoms with E-state index in [0.717, 1.165) is 10.3 Å². The van der Waals surface area contributed by atoms with Crippen molar-refractivity contribution >= 4 is 8.58 Å². The predicted molar refractivity (Wildman–Crippen MR) is 64.6 cm³/mol. The predicted octanol–water partition coefficient (Wildman–Crippen LogP) is 4.47. The van der Waals surface area contributed by atoms with E-state index in [-0.39, 0.29) is 0 Å². The van der Waals surface area contributed by atoms with Crippen molar-refractivity contribution in [3.63, 3.8) is 0 Å². The highest BCUT2D eigenvalue weighted by atomic mass is 31.1. The Balaban J connectivity index is 1.77. The molecule has 1 heterocycles. The second-order valence-corrected chi connectivity index (χ2v) is 8.32. The zero-order valence-electron chi connectivity index (χ0n) is 9.28. The highest BCUT2D eigenvalue weighted by molar-refractivity contribution is 7.42. The van der Waals surface area contributed by atoms with Gasteiger partial charge >= 0.3 is 0 Å². The molecule has 1 heteroatoms. The van der Waals surface area contributed by atoms with Gasteiger partial charge in [-0.3, -0.25) is 0 Å². The van der Waals surface area contributed by atoms with E-state index in [9.17, 15) is 0 Å². The van der Waals surface area contributed by atoms with Gasteiger partial charge in [0.1, 0.15) is 0 Å². The van der Waals surface area contributed by atoms with Gasteiger partial charge in [0.2, 0.25) is 0 Å². The van der Waals surface area contributed by atoms with Gasteiger partial charge < -0.3 is 0 Å². The summed E-state index contributed by atoms with van der Waals surface area (Å²) < 4.78 is 0. The highest BCUT2D eigenvalue weighted by Gasteiger charge is 2.46. The van der Waals surface area contributed by atoms with E-state index in [1.165, 1.54) is 8.58 Å². The molecule has 2 saturated carbocycles. The molecule has 0 aromatic rings. The van der Waals surface area contributed by atoms with Gasteiger partial charge in [-0.1, -0.05) is 32.1 Å². The maximum atomic E-state index is 1.59. The maximum Gasteiger partial charge on any atom is -0.0117 e. The molecule has 1 saturated heterocycles. The van der Waals surface area contributed by atoms with Crippen LogP contribution in [0, 0.1) is 0 Å². The van der Waals surface area contributed by atoms with Gasteiger partial charge in [-0.2, -0.15) is 0 Å². The van der Waals surface area contributed by atoms with Crippen LogP contribution in [0.3, 0.4) is 0 Å². The van der Waals surface area contributed by atoms with Gasteiger partial charge in [-0.05, 0) is 48.8 Å². The van der Waals surface area contributed by atoms with E-state index < -0.39 is 0 Å². The molecule has 0 aromatic carbocycles. The number of rotatable bonds is 0. The van der Waals surface area contributed by atoms with Gasteiger partial charge in [0.15, 0.2) is 0 Å². The van der Waals surface area contributed by atoms with E-state index >= 15 is 0 Å². The number of hydrogen-bond acceptors (Lipinski definition) is 0. The Bertz CT molecular complexity index is 187. The molecule has 0 aromatic heterocycles. The van der Waals surface area contributed by atoms with Crippen molar-refractivity contribution in [1.29, 1.82) is 0 Å². The molecular weight excluding hydrogens is 187 g/mol. The van der Waals surface area contributed by atoms with Crippen LogP contribution in [0.25, 0.3) is 0 Å². The molecule has 3 fully saturated rings. The van der Waals surface area contributed by atoms with Crippen LogP contribution >= 0.6 is 8.58 Å². The summed E-state index contributed by atoms with van der Waals surface area (Å²) in [5.41, 5.74) is 0. The van der Waals surface area contributed by atoms with Crippen LogP contribution in [0.1, 0.15) is 70.6 Å². The SMILES string of the molecule is C1CCC2(C1)CCCC1(CCCC1)P2. The second-order valence-electron chi connectivity index (χ2n) is 5.95. The van der Waals surface area contributed by atoms with E-state index in [1.807, 2.05) is 0 Å². The Hall–Kier alpha value is 0.430. The lowest BCUT2D eigenvalue weighted by Gasteiger charge is -2.45. The topological polar surface area (TPSA) is 0 Å². The molecule has 0 nitrogen and oxygen atoms in total. The standard InChI is InChI=1S/C13H23P/c1-2-7-12(6-1)10-5-11-13(14-12)8-3-4-9-13/h14H,1-11H2. The Morgan fingerprint density at radius 3 is 1.29 bits per heavy atom. The molecule has 14 heavy (non-hydrogen) atoms. The Labute approximate surface area is 90.0 Å². The minimum absolute atomic E-state index is 0.878. The molecule has 80 valence electrons. The molecule has 0 amide bonds. The molecule has 3 aliphatic rings. The first-order valence-corrected chi connectivity index (χ1v) is 7.62. The summed E-state index contributed by atoms with van der Waals surface area (Å²) in [5.74, 6) is 0. The maximum absolute atomic E-state index is 1.59. The van der Waals surface area contributed by atoms with Crippen molar-refractivity contribution < 1.29 is 0 Å². The molecule has 0 N–H and O–H groups in total. The van der Waals surface area contributed by atoms with Crippen LogP contribution in [0.2, 0.25) is 0 Å². The third kappa shape index (κ3) is 1.54. The minimum Gasteiger partial charge on any atom is -0.109 e. The summed E-state index contributed by atoms with van der Waals surface area (Å²) in [6, 6.07) is 0. The molecule has 0 radical (unpaired) electrons. The zero-order valence-corrected chi connectivity index (χ0v) is 10.3. The van der Waals surface area contributed by atoms with Crippen LogP contribution in [0.15, 0.2) is 0 Å². The first kappa shape index (κ1) is 9.64. The summed E-state index contributed by atoms with van der Waals surface area (Å²) in [5, 5.41) is 1.76. The van der Waals surface area contributed by atoms with Gasteiger partial charge in [-0.15, -0.1) is 8.58 Å². The quantitative estimate of drug-likeness (QED) is 0.517. The van der Waals surface area contributed by atoms with Gasteiger partial charge in [0, 0.05) is 0 Å². The minimum atomic E-state index is 0.878. The van der Waals surface area contributed by atoms with Crippen molar-refractivity contribution in [2.45, 2.75) is 80.9 Å². The van der Waals surface area contributed by atoms with Crippen molar-refractivity contribution in [2.75, 3.05) is 0 Å². The van der Waals surface area contributed by atoms with Crippen LogP contribution in [0.4, 0.5) is 0 Å². The third-order valence-corrected chi connectivity index (χ3v) is 7.52. The van der Waals surface area contributed by atoms with Crippen molar-refractivity contribution in [1.82, 2.24) is 0 Å². The largest absolute Gasteiger partial charge is 0.109 e. The molecule has 0 bridgehead atoms. The average molecular weight is 210 g/mol. The van der Waals surface area contributed by atoms with E-state index in [1.54, 1.807) is 70.6 Å². The van der Waals surface area contributed by atoms with E-state index in [2.05, 4.69) is 0 Å². The summed E-state index contributed by atoms with van der Waals surface area (Å²) in [7, 11) is 1.35. The lowest BCUT2D eigenvalue weighted by atomic mass is 9.92. The van der Waals surface area contributed by atoms with Crippen molar-refractivity contribution in [3.05, 3.63) is 0 Å². The molecule has 3 rings (SSSR count). The van der Waals surface area contributed by atoms with Crippen LogP contribution < -0.4 is 0 Å². The smallest absolute Gasteiger partial charge is 0.0117 e. The highest BCUT2D eigenvalue weighted by Crippen LogP contribution is 2.64. The van der Waals surface area contributed by atoms with Crippen molar-refractivity contribution in [3.8, 4) is 0 Å². The fourth-order valence-electron chi connectivity index (χ4n) is 4.31. The first-order valence-electron chi connectivity index (χ1n) is 6.62. The summed E-state index contributed by atoms with van der Waals surface area (Å²) in [6.07, 6.45) is 17.3. The van der Waals surface area contributed by atoms with Crippen molar-refractivity contribution in [2.24, 2.45) is 0 Å². The average Bonchev–Trinajstić information content (AvgIpc) is 2.77. The van der Waals surface area contributed by atoms with Gasteiger partial charge in [-0.25, -0.2) is 0 Å². The first-order chi connectivity index (χ1) is 6.83. The molecule has 2 aliphatic carbocycles. The monoisotopic (exact) mass is 210 g/mol. The summed E-state index contributed by atoms with van der Waals surface area (Å²) in [4.78, 5) is 0. The molecule has 2 spiro atoms. The molecular formula is C13H23P. The normalized spacial score (nSPS) is 34.3. The third-order valence-electron chi connectivity index (χ3n) is 4.96. The second kappa shape index (κ2) is 3.48. The Kier molecular flexibility index (Phi) is 2.39. The molecule has 0 unspecified atom stereocenters. The Morgan fingerprint density at radius 2 is 0.857 bits per heavy atom. The Morgan fingerprint density at radius 1 is 0.500 bits per heavy atom. The van der Waals surface area contributed by atoms with E-state index in [4.69, 9.17) is 0 Å². The number of hydrogen-bond donors (Lipinski definition) is 0. The lowest BCUT2D eigenvalue weighted by molar-refractivity contribution is 0.413. The summed E-state index contributed by atoms with van der Waals surface area (Å²) in [6.45, 7) is 0. The van der Waals surface area contributed by atoms with Crippen LogP contribution in [0.5, 0.6) is 0 Å².